The Balaban J connectivity index is 2.20. The van der Waals surface area contributed by atoms with E-state index in [2.05, 4.69) is 10.3 Å². The monoisotopic (exact) mass is 276 g/mol. The maximum atomic E-state index is 12.1. The Labute approximate surface area is 116 Å². The highest BCUT2D eigenvalue weighted by Gasteiger charge is 2.11. The van der Waals surface area contributed by atoms with Crippen LogP contribution in [0.5, 0.6) is 5.75 Å². The molecule has 0 aliphatic heterocycles. The zero-order valence-electron chi connectivity index (χ0n) is 11.4. The minimum absolute atomic E-state index is 0.174. The van der Waals surface area contributed by atoms with E-state index >= 15 is 0 Å². The van der Waals surface area contributed by atoms with Crippen LogP contribution in [0, 0.1) is 20.8 Å². The van der Waals surface area contributed by atoms with Gasteiger partial charge in [0.05, 0.1) is 12.8 Å². The highest BCUT2D eigenvalue weighted by Crippen LogP contribution is 2.23. The van der Waals surface area contributed by atoms with E-state index in [1.54, 1.807) is 19.2 Å². The second kappa shape index (κ2) is 5.40. The van der Waals surface area contributed by atoms with Crippen molar-refractivity contribution in [1.82, 2.24) is 4.98 Å². The van der Waals surface area contributed by atoms with Gasteiger partial charge >= 0.3 is 0 Å². The first-order valence-electron chi connectivity index (χ1n) is 5.91. The molecule has 1 amide bonds. The molecule has 0 radical (unpaired) electrons. The zero-order valence-corrected chi connectivity index (χ0v) is 12.2. The zero-order chi connectivity index (χ0) is 14.0. The van der Waals surface area contributed by atoms with Gasteiger partial charge in [0.25, 0.3) is 5.91 Å². The molecule has 1 N–H and O–H groups in total. The SMILES string of the molecule is COc1cc(C(=O)Nc2nc(C)c(C)s2)ccc1C. The molecule has 0 atom stereocenters. The van der Waals surface area contributed by atoms with Gasteiger partial charge in [0.1, 0.15) is 5.75 Å². The third kappa shape index (κ3) is 2.93. The van der Waals surface area contributed by atoms with Crippen LogP contribution in [-0.2, 0) is 0 Å². The summed E-state index contributed by atoms with van der Waals surface area (Å²) in [4.78, 5) is 17.5. The molecule has 19 heavy (non-hydrogen) atoms. The van der Waals surface area contributed by atoms with Crippen molar-refractivity contribution in [2.45, 2.75) is 20.8 Å². The minimum atomic E-state index is -0.174. The van der Waals surface area contributed by atoms with Crippen molar-refractivity contribution >= 4 is 22.4 Å². The standard InChI is InChI=1S/C14H16N2O2S/c1-8-5-6-11(7-12(8)18-4)13(17)16-14-15-9(2)10(3)19-14/h5-7H,1-4H3,(H,15,16,17). The van der Waals surface area contributed by atoms with Crippen molar-refractivity contribution in [3.8, 4) is 5.75 Å². The molecule has 0 bridgehead atoms. The quantitative estimate of drug-likeness (QED) is 0.935. The summed E-state index contributed by atoms with van der Waals surface area (Å²) in [7, 11) is 1.59. The predicted octanol–water partition coefficient (Wildman–Crippen LogP) is 3.33. The fourth-order valence-corrected chi connectivity index (χ4v) is 2.47. The molecule has 0 saturated carbocycles. The van der Waals surface area contributed by atoms with Crippen molar-refractivity contribution in [2.75, 3.05) is 12.4 Å². The van der Waals surface area contributed by atoms with E-state index in [9.17, 15) is 4.79 Å². The highest BCUT2D eigenvalue weighted by atomic mass is 32.1. The average molecular weight is 276 g/mol. The maximum Gasteiger partial charge on any atom is 0.257 e. The Morgan fingerprint density at radius 2 is 2.05 bits per heavy atom. The van der Waals surface area contributed by atoms with Crippen molar-refractivity contribution in [3.63, 3.8) is 0 Å². The van der Waals surface area contributed by atoms with Crippen LogP contribution in [0.4, 0.5) is 5.13 Å². The summed E-state index contributed by atoms with van der Waals surface area (Å²) in [6.07, 6.45) is 0. The van der Waals surface area contributed by atoms with Crippen molar-refractivity contribution in [3.05, 3.63) is 39.9 Å². The molecule has 0 spiro atoms. The fourth-order valence-electron chi connectivity index (χ4n) is 1.66. The number of amides is 1. The number of nitrogens with one attached hydrogen (secondary N) is 1. The number of hydrogen-bond donors (Lipinski definition) is 1. The topological polar surface area (TPSA) is 51.2 Å². The lowest BCUT2D eigenvalue weighted by Crippen LogP contribution is -2.12. The number of benzene rings is 1. The molecule has 0 unspecified atom stereocenters. The first-order valence-corrected chi connectivity index (χ1v) is 6.73. The summed E-state index contributed by atoms with van der Waals surface area (Å²) in [5.41, 5.74) is 2.51. The highest BCUT2D eigenvalue weighted by molar-refractivity contribution is 7.15. The molecule has 1 aromatic heterocycles. The number of methoxy groups -OCH3 is 1. The van der Waals surface area contributed by atoms with Crippen molar-refractivity contribution in [1.29, 1.82) is 0 Å². The van der Waals surface area contributed by atoms with Gasteiger partial charge in [-0.2, -0.15) is 0 Å². The normalized spacial score (nSPS) is 10.3. The molecule has 0 aliphatic carbocycles. The molecule has 100 valence electrons. The number of rotatable bonds is 3. The van der Waals surface area contributed by atoms with Crippen molar-refractivity contribution < 1.29 is 9.53 Å². The van der Waals surface area contributed by atoms with E-state index in [0.29, 0.717) is 16.4 Å². The third-order valence-electron chi connectivity index (χ3n) is 2.92. The van der Waals surface area contributed by atoms with Crippen LogP contribution >= 0.6 is 11.3 Å². The first-order chi connectivity index (χ1) is 9.01. The Morgan fingerprint density at radius 1 is 1.32 bits per heavy atom. The van der Waals surface area contributed by atoms with E-state index in [1.807, 2.05) is 26.8 Å². The van der Waals surface area contributed by atoms with Gasteiger partial charge in [-0.1, -0.05) is 6.07 Å². The smallest absolute Gasteiger partial charge is 0.257 e. The van der Waals surface area contributed by atoms with Crippen LogP contribution in [0.1, 0.15) is 26.5 Å². The molecular formula is C14H16N2O2S. The first kappa shape index (κ1) is 13.5. The van der Waals surface area contributed by atoms with Crippen LogP contribution in [0.2, 0.25) is 0 Å². The summed E-state index contributed by atoms with van der Waals surface area (Å²) in [5.74, 6) is 0.534. The Kier molecular flexibility index (Phi) is 3.85. The minimum Gasteiger partial charge on any atom is -0.496 e. The third-order valence-corrected chi connectivity index (χ3v) is 3.91. The molecular weight excluding hydrogens is 260 g/mol. The lowest BCUT2D eigenvalue weighted by atomic mass is 10.1. The van der Waals surface area contributed by atoms with Gasteiger partial charge in [-0.15, -0.1) is 11.3 Å². The number of anilines is 1. The number of aryl methyl sites for hydroxylation is 3. The van der Waals surface area contributed by atoms with E-state index < -0.39 is 0 Å². The molecule has 4 nitrogen and oxygen atoms in total. The lowest BCUT2D eigenvalue weighted by Gasteiger charge is -2.07. The average Bonchev–Trinajstić information content (AvgIpc) is 2.68. The van der Waals surface area contributed by atoms with Crippen LogP contribution in [0.25, 0.3) is 0 Å². The van der Waals surface area contributed by atoms with E-state index in [1.165, 1.54) is 11.3 Å². The molecule has 0 saturated heterocycles. The summed E-state index contributed by atoms with van der Waals surface area (Å²) >= 11 is 1.48. The van der Waals surface area contributed by atoms with Crippen LogP contribution in [0.3, 0.4) is 0 Å². The number of thiazole rings is 1. The van der Waals surface area contributed by atoms with Gasteiger partial charge in [-0.25, -0.2) is 4.98 Å². The maximum absolute atomic E-state index is 12.1. The van der Waals surface area contributed by atoms with Crippen LogP contribution < -0.4 is 10.1 Å². The number of carbonyl (C=O) groups excluding carboxylic acids is 1. The summed E-state index contributed by atoms with van der Waals surface area (Å²) in [6, 6.07) is 5.38. The molecule has 5 heteroatoms. The Hall–Kier alpha value is -1.88. The number of nitrogens with zero attached hydrogens (tertiary/aromatic N) is 1. The fraction of sp³-hybridized carbons (Fsp3) is 0.286. The molecule has 0 fully saturated rings. The summed E-state index contributed by atoms with van der Waals surface area (Å²) in [6.45, 7) is 5.85. The van der Waals surface area contributed by atoms with Gasteiger partial charge in [-0.05, 0) is 38.5 Å². The van der Waals surface area contributed by atoms with Gasteiger partial charge in [0.15, 0.2) is 5.13 Å². The second-order valence-corrected chi connectivity index (χ2v) is 5.50. The van der Waals surface area contributed by atoms with Crippen LogP contribution in [0.15, 0.2) is 18.2 Å². The predicted molar refractivity (Wildman–Crippen MR) is 77.3 cm³/mol. The van der Waals surface area contributed by atoms with Gasteiger partial charge < -0.3 is 4.74 Å². The molecule has 1 heterocycles. The molecule has 1 aromatic carbocycles. The number of ether oxygens (including phenoxy) is 1. The summed E-state index contributed by atoms with van der Waals surface area (Å²) in [5, 5.41) is 3.43. The Morgan fingerprint density at radius 3 is 2.63 bits per heavy atom. The number of aromatic nitrogens is 1. The summed E-state index contributed by atoms with van der Waals surface area (Å²) < 4.78 is 5.22. The van der Waals surface area contributed by atoms with Gasteiger partial charge in [-0.3, -0.25) is 10.1 Å². The molecule has 2 rings (SSSR count). The number of carbonyl (C=O) groups is 1. The van der Waals surface area contributed by atoms with Crippen LogP contribution in [-0.4, -0.2) is 18.0 Å². The van der Waals surface area contributed by atoms with Crippen molar-refractivity contribution in [2.24, 2.45) is 0 Å². The van der Waals surface area contributed by atoms with E-state index in [0.717, 1.165) is 16.1 Å². The van der Waals surface area contributed by atoms with Gasteiger partial charge in [0.2, 0.25) is 0 Å². The van der Waals surface area contributed by atoms with E-state index in [4.69, 9.17) is 4.74 Å². The second-order valence-electron chi connectivity index (χ2n) is 4.30. The molecule has 2 aromatic rings. The largest absolute Gasteiger partial charge is 0.496 e. The lowest BCUT2D eigenvalue weighted by molar-refractivity contribution is 0.102. The van der Waals surface area contributed by atoms with E-state index in [-0.39, 0.29) is 5.91 Å². The van der Waals surface area contributed by atoms with Gasteiger partial charge in [0, 0.05) is 10.4 Å². The molecule has 0 aliphatic rings. The number of hydrogen-bond acceptors (Lipinski definition) is 4. The Bertz CT molecular complexity index is 600.